The Morgan fingerprint density at radius 3 is 2.25 bits per heavy atom. The lowest BCUT2D eigenvalue weighted by atomic mass is 10.3. The fraction of sp³-hybridized carbons (Fsp3) is 0.500. The molecule has 0 radical (unpaired) electrons. The number of carboxylic acid groups (broad SMARTS) is 1. The highest BCUT2D eigenvalue weighted by atomic mass is 16.4. The van der Waals surface area contributed by atoms with E-state index < -0.39 is 5.97 Å². The van der Waals surface area contributed by atoms with Crippen LogP contribution in [0.15, 0.2) is 16.9 Å². The molecule has 0 aliphatic rings. The lowest BCUT2D eigenvalue weighted by Gasteiger charge is -2.22. The van der Waals surface area contributed by atoms with E-state index in [1.54, 1.807) is 6.92 Å². The quantitative estimate of drug-likeness (QED) is 0.393. The summed E-state index contributed by atoms with van der Waals surface area (Å²) >= 11 is 0. The Morgan fingerprint density at radius 2 is 2.17 bits per heavy atom. The minimum atomic E-state index is -0.987. The standard InChI is InChI=1S/C8H14N2O2/c1-5-7(8(11)12)10(9-4)6(2)3/h5-6H,4H2,1-3H3,(H,11,12)/b7-5-. The van der Waals surface area contributed by atoms with Crippen molar-refractivity contribution in [3.8, 4) is 0 Å². The fourth-order valence-electron chi connectivity index (χ4n) is 0.871. The van der Waals surface area contributed by atoms with Crippen LogP contribution in [0.3, 0.4) is 0 Å². The smallest absolute Gasteiger partial charge is 0.353 e. The van der Waals surface area contributed by atoms with Gasteiger partial charge >= 0.3 is 5.97 Å². The van der Waals surface area contributed by atoms with Gasteiger partial charge < -0.3 is 5.11 Å². The van der Waals surface area contributed by atoms with Crippen LogP contribution in [0, 0.1) is 0 Å². The molecule has 0 saturated carbocycles. The minimum absolute atomic E-state index is 0.00444. The maximum absolute atomic E-state index is 10.6. The average Bonchev–Trinajstić information content (AvgIpc) is 1.98. The van der Waals surface area contributed by atoms with Crippen LogP contribution in [0.2, 0.25) is 0 Å². The monoisotopic (exact) mass is 170 g/mol. The maximum atomic E-state index is 10.6. The number of hydrogen-bond acceptors (Lipinski definition) is 3. The minimum Gasteiger partial charge on any atom is -0.477 e. The molecule has 0 atom stereocenters. The van der Waals surface area contributed by atoms with Crippen molar-refractivity contribution in [1.82, 2.24) is 5.01 Å². The first-order valence-corrected chi connectivity index (χ1v) is 3.70. The molecule has 0 bridgehead atoms. The second-order valence-corrected chi connectivity index (χ2v) is 2.56. The molecule has 0 aromatic heterocycles. The van der Waals surface area contributed by atoms with E-state index in [4.69, 9.17) is 5.11 Å². The molecule has 4 heteroatoms. The van der Waals surface area contributed by atoms with Crippen LogP contribution in [0.5, 0.6) is 0 Å². The SMILES string of the molecule is C=NN(/C(=C\C)C(=O)O)C(C)C. The van der Waals surface area contributed by atoms with Gasteiger partial charge in [-0.3, -0.25) is 5.01 Å². The van der Waals surface area contributed by atoms with Crippen LogP contribution >= 0.6 is 0 Å². The van der Waals surface area contributed by atoms with E-state index in [-0.39, 0.29) is 11.7 Å². The van der Waals surface area contributed by atoms with Crippen molar-refractivity contribution in [3.05, 3.63) is 11.8 Å². The number of allylic oxidation sites excluding steroid dienone is 1. The average molecular weight is 170 g/mol. The van der Waals surface area contributed by atoms with Crippen LogP contribution in [0.4, 0.5) is 0 Å². The Hall–Kier alpha value is -1.32. The van der Waals surface area contributed by atoms with E-state index in [2.05, 4.69) is 11.8 Å². The van der Waals surface area contributed by atoms with Crippen molar-refractivity contribution in [2.45, 2.75) is 26.8 Å². The largest absolute Gasteiger partial charge is 0.477 e. The fourth-order valence-corrected chi connectivity index (χ4v) is 0.871. The first-order valence-electron chi connectivity index (χ1n) is 3.70. The molecule has 0 saturated heterocycles. The van der Waals surface area contributed by atoms with Crippen LogP contribution in [0.25, 0.3) is 0 Å². The zero-order chi connectivity index (χ0) is 9.72. The highest BCUT2D eigenvalue weighted by molar-refractivity contribution is 5.85. The number of nitrogens with zero attached hydrogens (tertiary/aromatic N) is 2. The Labute approximate surface area is 72.2 Å². The summed E-state index contributed by atoms with van der Waals surface area (Å²) in [7, 11) is 0. The molecule has 4 nitrogen and oxygen atoms in total. The van der Waals surface area contributed by atoms with Gasteiger partial charge in [0.05, 0.1) is 0 Å². The van der Waals surface area contributed by atoms with E-state index in [1.807, 2.05) is 13.8 Å². The summed E-state index contributed by atoms with van der Waals surface area (Å²) in [5, 5.41) is 13.7. The Kier molecular flexibility index (Phi) is 4.04. The van der Waals surface area contributed by atoms with E-state index >= 15 is 0 Å². The molecule has 0 spiro atoms. The van der Waals surface area contributed by atoms with Crippen LogP contribution in [-0.4, -0.2) is 28.8 Å². The van der Waals surface area contributed by atoms with E-state index in [9.17, 15) is 4.79 Å². The molecule has 0 rings (SSSR count). The number of hydrogen-bond donors (Lipinski definition) is 1. The van der Waals surface area contributed by atoms with Crippen LogP contribution < -0.4 is 0 Å². The predicted molar refractivity (Wildman–Crippen MR) is 47.9 cm³/mol. The van der Waals surface area contributed by atoms with E-state index in [1.165, 1.54) is 11.1 Å². The molecule has 0 heterocycles. The van der Waals surface area contributed by atoms with Gasteiger partial charge in [0.25, 0.3) is 0 Å². The molecule has 12 heavy (non-hydrogen) atoms. The number of carbonyl (C=O) groups is 1. The first-order chi connectivity index (χ1) is 5.54. The Morgan fingerprint density at radius 1 is 1.67 bits per heavy atom. The summed E-state index contributed by atoms with van der Waals surface area (Å²) in [5.74, 6) is -0.987. The number of rotatable bonds is 4. The third-order valence-electron chi connectivity index (χ3n) is 1.38. The molecule has 1 N–H and O–H groups in total. The van der Waals surface area contributed by atoms with Gasteiger partial charge in [-0.1, -0.05) is 6.08 Å². The van der Waals surface area contributed by atoms with Gasteiger partial charge in [0, 0.05) is 12.8 Å². The third kappa shape index (κ3) is 2.38. The highest BCUT2D eigenvalue weighted by Crippen LogP contribution is 2.09. The second kappa shape index (κ2) is 4.54. The molecule has 0 aliphatic carbocycles. The summed E-state index contributed by atoms with van der Waals surface area (Å²) in [6.45, 7) is 8.66. The molecule has 68 valence electrons. The molecule has 0 aliphatic heterocycles. The van der Waals surface area contributed by atoms with Gasteiger partial charge in [-0.25, -0.2) is 4.79 Å². The van der Waals surface area contributed by atoms with Crippen molar-refractivity contribution in [2.24, 2.45) is 5.10 Å². The van der Waals surface area contributed by atoms with Crippen molar-refractivity contribution >= 4 is 12.7 Å². The first kappa shape index (κ1) is 10.7. The van der Waals surface area contributed by atoms with Crippen molar-refractivity contribution in [1.29, 1.82) is 0 Å². The molecule has 0 fully saturated rings. The van der Waals surface area contributed by atoms with Gasteiger partial charge in [-0.15, -0.1) is 0 Å². The second-order valence-electron chi connectivity index (χ2n) is 2.56. The maximum Gasteiger partial charge on any atom is 0.353 e. The molecule has 0 amide bonds. The summed E-state index contributed by atoms with van der Waals surface area (Å²) in [4.78, 5) is 10.6. The van der Waals surface area contributed by atoms with Crippen molar-refractivity contribution in [2.75, 3.05) is 0 Å². The number of aliphatic carboxylic acids is 1. The van der Waals surface area contributed by atoms with Gasteiger partial charge in [0.15, 0.2) is 0 Å². The number of carboxylic acids is 1. The van der Waals surface area contributed by atoms with E-state index in [0.717, 1.165) is 0 Å². The lowest BCUT2D eigenvalue weighted by Crippen LogP contribution is -2.28. The summed E-state index contributed by atoms with van der Waals surface area (Å²) in [6.07, 6.45) is 1.50. The van der Waals surface area contributed by atoms with Crippen molar-refractivity contribution < 1.29 is 9.90 Å². The van der Waals surface area contributed by atoms with Gasteiger partial charge in [0.2, 0.25) is 0 Å². The molecule has 0 unspecified atom stereocenters. The summed E-state index contributed by atoms with van der Waals surface area (Å²) < 4.78 is 0. The van der Waals surface area contributed by atoms with Crippen LogP contribution in [-0.2, 0) is 4.79 Å². The lowest BCUT2D eigenvalue weighted by molar-refractivity contribution is -0.134. The predicted octanol–water partition coefficient (Wildman–Crippen LogP) is 1.30. The van der Waals surface area contributed by atoms with Gasteiger partial charge in [-0.05, 0) is 20.8 Å². The normalized spacial score (nSPS) is 11.5. The Bertz CT molecular complexity index is 209. The highest BCUT2D eigenvalue weighted by Gasteiger charge is 2.16. The summed E-state index contributed by atoms with van der Waals surface area (Å²) in [5.41, 5.74) is 0.153. The number of hydrazone groups is 1. The van der Waals surface area contributed by atoms with Crippen LogP contribution in [0.1, 0.15) is 20.8 Å². The van der Waals surface area contributed by atoms with Gasteiger partial charge in [-0.2, -0.15) is 5.10 Å². The molecule has 0 aromatic rings. The van der Waals surface area contributed by atoms with E-state index in [0.29, 0.717) is 0 Å². The molecular formula is C8H14N2O2. The summed E-state index contributed by atoms with van der Waals surface area (Å²) in [6, 6.07) is 0.00444. The zero-order valence-corrected chi connectivity index (χ0v) is 7.61. The van der Waals surface area contributed by atoms with Crippen molar-refractivity contribution in [3.63, 3.8) is 0 Å². The Balaban J connectivity index is 4.69. The topological polar surface area (TPSA) is 52.9 Å². The zero-order valence-electron chi connectivity index (χ0n) is 7.61. The van der Waals surface area contributed by atoms with Gasteiger partial charge in [0.1, 0.15) is 5.70 Å². The molecular weight excluding hydrogens is 156 g/mol. The third-order valence-corrected chi connectivity index (χ3v) is 1.38. The molecule has 0 aromatic carbocycles.